The molecular formula is C17H16N4O. The van der Waals surface area contributed by atoms with Crippen molar-refractivity contribution in [1.82, 2.24) is 4.98 Å². The van der Waals surface area contributed by atoms with Crippen LogP contribution in [0.2, 0.25) is 0 Å². The quantitative estimate of drug-likeness (QED) is 0.670. The Hall–Kier alpha value is -3.13. The molecule has 1 heterocycles. The zero-order valence-electron chi connectivity index (χ0n) is 12.4. The number of nitriles is 1. The molecule has 0 atom stereocenters. The molecule has 0 bridgehead atoms. The van der Waals surface area contributed by atoms with Crippen LogP contribution in [0.4, 0.5) is 11.5 Å². The molecule has 0 fully saturated rings. The monoisotopic (exact) mass is 292 g/mol. The Kier molecular flexibility index (Phi) is 4.89. The highest BCUT2D eigenvalue weighted by Gasteiger charge is 2.09. The minimum Gasteiger partial charge on any atom is -0.345 e. The first-order chi connectivity index (χ1) is 10.6. The van der Waals surface area contributed by atoms with Gasteiger partial charge in [-0.05, 0) is 43.7 Å². The van der Waals surface area contributed by atoms with E-state index in [2.05, 4.69) is 15.6 Å². The molecule has 1 aromatic carbocycles. The summed E-state index contributed by atoms with van der Waals surface area (Å²) in [6.07, 6.45) is 1.35. The van der Waals surface area contributed by atoms with Gasteiger partial charge in [-0.1, -0.05) is 18.2 Å². The van der Waals surface area contributed by atoms with Gasteiger partial charge in [-0.2, -0.15) is 5.26 Å². The van der Waals surface area contributed by atoms with E-state index in [1.54, 1.807) is 12.1 Å². The van der Waals surface area contributed by atoms with Crippen LogP contribution in [0.25, 0.3) is 0 Å². The van der Waals surface area contributed by atoms with Gasteiger partial charge in [-0.3, -0.25) is 4.79 Å². The second-order valence-electron chi connectivity index (χ2n) is 4.80. The van der Waals surface area contributed by atoms with E-state index in [4.69, 9.17) is 5.26 Å². The normalized spacial score (nSPS) is 10.7. The van der Waals surface area contributed by atoms with Crippen LogP contribution in [0.3, 0.4) is 0 Å². The number of hydrogen-bond acceptors (Lipinski definition) is 4. The fraction of sp³-hybridized carbons (Fsp3) is 0.118. The minimum absolute atomic E-state index is 0.0233. The molecule has 0 radical (unpaired) electrons. The summed E-state index contributed by atoms with van der Waals surface area (Å²) in [6.45, 7) is 3.80. The third-order valence-electron chi connectivity index (χ3n) is 2.89. The molecule has 0 unspecified atom stereocenters. The number of nitrogens with zero attached hydrogens (tertiary/aromatic N) is 2. The highest BCUT2D eigenvalue weighted by molar-refractivity contribution is 6.06. The summed E-state index contributed by atoms with van der Waals surface area (Å²) in [4.78, 5) is 16.3. The van der Waals surface area contributed by atoms with E-state index < -0.39 is 5.91 Å². The predicted molar refractivity (Wildman–Crippen MR) is 86.1 cm³/mol. The lowest BCUT2D eigenvalue weighted by atomic mass is 10.2. The van der Waals surface area contributed by atoms with Gasteiger partial charge in [0.05, 0.1) is 0 Å². The highest BCUT2D eigenvalue weighted by Crippen LogP contribution is 2.11. The Bertz CT molecular complexity index is 759. The van der Waals surface area contributed by atoms with Gasteiger partial charge >= 0.3 is 0 Å². The molecule has 5 nitrogen and oxygen atoms in total. The molecule has 0 spiro atoms. The Balaban J connectivity index is 2.09. The summed E-state index contributed by atoms with van der Waals surface area (Å²) in [5, 5.41) is 14.7. The van der Waals surface area contributed by atoms with Crippen molar-refractivity contribution in [2.75, 3.05) is 10.6 Å². The van der Waals surface area contributed by atoms with Gasteiger partial charge in [0.25, 0.3) is 5.91 Å². The first-order valence-corrected chi connectivity index (χ1v) is 6.77. The molecule has 1 amide bonds. The van der Waals surface area contributed by atoms with Crippen LogP contribution < -0.4 is 10.6 Å². The number of hydrogen-bond donors (Lipinski definition) is 2. The summed E-state index contributed by atoms with van der Waals surface area (Å²) < 4.78 is 0. The summed E-state index contributed by atoms with van der Waals surface area (Å²) in [7, 11) is 0. The average molecular weight is 292 g/mol. The second kappa shape index (κ2) is 7.04. The van der Waals surface area contributed by atoms with Crippen molar-refractivity contribution in [3.8, 4) is 6.07 Å². The molecule has 2 aromatic rings. The third-order valence-corrected chi connectivity index (χ3v) is 2.89. The lowest BCUT2D eigenvalue weighted by Gasteiger charge is -2.06. The van der Waals surface area contributed by atoms with Gasteiger partial charge < -0.3 is 10.6 Å². The maximum Gasteiger partial charge on any atom is 0.267 e. The number of nitrogens with one attached hydrogen (secondary N) is 2. The number of rotatable bonds is 4. The maximum absolute atomic E-state index is 12.1. The van der Waals surface area contributed by atoms with Gasteiger partial charge in [-0.25, -0.2) is 4.98 Å². The van der Waals surface area contributed by atoms with Crippen LogP contribution in [0.15, 0.2) is 54.2 Å². The van der Waals surface area contributed by atoms with Crippen LogP contribution in [-0.4, -0.2) is 10.9 Å². The molecule has 0 aliphatic rings. The first-order valence-electron chi connectivity index (χ1n) is 6.77. The molecule has 110 valence electrons. The Morgan fingerprint density at radius 2 is 2.00 bits per heavy atom. The third kappa shape index (κ3) is 4.18. The largest absolute Gasteiger partial charge is 0.345 e. The van der Waals surface area contributed by atoms with Gasteiger partial charge in [0.2, 0.25) is 0 Å². The molecule has 0 saturated carbocycles. The van der Waals surface area contributed by atoms with Crippen LogP contribution >= 0.6 is 0 Å². The van der Waals surface area contributed by atoms with Crippen molar-refractivity contribution in [3.05, 3.63) is 65.5 Å². The van der Waals surface area contributed by atoms with E-state index in [0.717, 1.165) is 11.3 Å². The maximum atomic E-state index is 12.1. The zero-order valence-corrected chi connectivity index (χ0v) is 12.4. The van der Waals surface area contributed by atoms with Crippen molar-refractivity contribution in [3.63, 3.8) is 0 Å². The molecule has 2 rings (SSSR count). The summed E-state index contributed by atoms with van der Waals surface area (Å²) in [5.74, 6) is 0.115. The number of aromatic nitrogens is 1. The van der Waals surface area contributed by atoms with Crippen molar-refractivity contribution in [2.24, 2.45) is 0 Å². The van der Waals surface area contributed by atoms with E-state index in [9.17, 15) is 4.79 Å². The van der Waals surface area contributed by atoms with Gasteiger partial charge in [0.1, 0.15) is 17.5 Å². The van der Waals surface area contributed by atoms with E-state index >= 15 is 0 Å². The molecule has 0 aliphatic heterocycles. The number of amides is 1. The van der Waals surface area contributed by atoms with Crippen molar-refractivity contribution < 1.29 is 4.79 Å². The van der Waals surface area contributed by atoms with E-state index in [0.29, 0.717) is 11.5 Å². The van der Waals surface area contributed by atoms with Crippen molar-refractivity contribution in [2.45, 2.75) is 13.8 Å². The fourth-order valence-corrected chi connectivity index (χ4v) is 1.84. The van der Waals surface area contributed by atoms with E-state index in [1.807, 2.05) is 50.2 Å². The van der Waals surface area contributed by atoms with Crippen LogP contribution in [0, 0.1) is 25.2 Å². The fourth-order valence-electron chi connectivity index (χ4n) is 1.84. The van der Waals surface area contributed by atoms with Crippen molar-refractivity contribution >= 4 is 17.4 Å². The molecule has 1 aromatic heterocycles. The van der Waals surface area contributed by atoms with Gasteiger partial charge in [-0.15, -0.1) is 0 Å². The Labute approximate surface area is 129 Å². The Morgan fingerprint density at radius 3 is 2.68 bits per heavy atom. The average Bonchev–Trinajstić information content (AvgIpc) is 2.48. The smallest absolute Gasteiger partial charge is 0.267 e. The highest BCUT2D eigenvalue weighted by atomic mass is 16.1. The number of carbonyl (C=O) groups is 1. The molecule has 22 heavy (non-hydrogen) atoms. The van der Waals surface area contributed by atoms with Crippen molar-refractivity contribution in [1.29, 1.82) is 5.26 Å². The van der Waals surface area contributed by atoms with E-state index in [1.165, 1.54) is 6.20 Å². The molecule has 0 aliphatic carbocycles. The standard InChI is InChI=1S/C17H16N4O/c1-12-5-3-7-15(9-12)21-17(22)14(10-18)11-19-16-8-4-6-13(2)20-16/h3-9,11H,1-2H3,(H,19,20)(H,21,22)/b14-11-. The summed E-state index contributed by atoms with van der Waals surface area (Å²) in [6, 6.07) is 14.7. The molecule has 0 saturated heterocycles. The first kappa shape index (κ1) is 15.3. The number of pyridine rings is 1. The number of anilines is 2. The van der Waals surface area contributed by atoms with Crippen LogP contribution in [0.5, 0.6) is 0 Å². The number of aryl methyl sites for hydroxylation is 2. The zero-order chi connectivity index (χ0) is 15.9. The molecular weight excluding hydrogens is 276 g/mol. The predicted octanol–water partition coefficient (Wildman–Crippen LogP) is 3.16. The SMILES string of the molecule is Cc1cccc(NC(=O)/C(C#N)=C\Nc2cccc(C)n2)c1. The van der Waals surface area contributed by atoms with E-state index in [-0.39, 0.29) is 5.57 Å². The topological polar surface area (TPSA) is 77.8 Å². The lowest BCUT2D eigenvalue weighted by molar-refractivity contribution is -0.112. The lowest BCUT2D eigenvalue weighted by Crippen LogP contribution is -2.14. The summed E-state index contributed by atoms with van der Waals surface area (Å²) in [5.41, 5.74) is 2.51. The van der Waals surface area contributed by atoms with Gasteiger partial charge in [0, 0.05) is 17.6 Å². The van der Waals surface area contributed by atoms with Crippen LogP contribution in [-0.2, 0) is 4.79 Å². The summed E-state index contributed by atoms with van der Waals surface area (Å²) >= 11 is 0. The number of carbonyl (C=O) groups excluding carboxylic acids is 1. The van der Waals surface area contributed by atoms with Gasteiger partial charge in [0.15, 0.2) is 0 Å². The second-order valence-corrected chi connectivity index (χ2v) is 4.80. The van der Waals surface area contributed by atoms with Crippen LogP contribution in [0.1, 0.15) is 11.3 Å². The molecule has 5 heteroatoms. The Morgan fingerprint density at radius 1 is 1.23 bits per heavy atom. The number of benzene rings is 1. The minimum atomic E-state index is -0.465. The molecule has 2 N–H and O–H groups in total.